The van der Waals surface area contributed by atoms with E-state index in [4.69, 9.17) is 4.74 Å². The zero-order valence-electron chi connectivity index (χ0n) is 16.2. The Morgan fingerprint density at radius 1 is 1.30 bits per heavy atom. The average molecular weight is 491 g/mol. The van der Waals surface area contributed by atoms with Crippen LogP contribution in [0.3, 0.4) is 0 Å². The van der Waals surface area contributed by atoms with Crippen LogP contribution >= 0.6 is 24.0 Å². The van der Waals surface area contributed by atoms with Crippen LogP contribution in [0.1, 0.15) is 13.3 Å². The van der Waals surface area contributed by atoms with Crippen LogP contribution in [0.4, 0.5) is 5.95 Å². The number of methoxy groups -OCH3 is 1. The van der Waals surface area contributed by atoms with E-state index in [1.54, 1.807) is 32.6 Å². The molecule has 1 aliphatic heterocycles. The van der Waals surface area contributed by atoms with Gasteiger partial charge in [-0.3, -0.25) is 9.79 Å². The molecule has 1 aromatic heterocycles. The summed E-state index contributed by atoms with van der Waals surface area (Å²) in [5.74, 6) is 1.54. The van der Waals surface area contributed by atoms with Gasteiger partial charge < -0.3 is 25.2 Å². The number of nitrogens with zero attached hydrogens (tertiary/aromatic N) is 5. The molecule has 0 saturated carbocycles. The van der Waals surface area contributed by atoms with Crippen LogP contribution in [0.15, 0.2) is 23.5 Å². The van der Waals surface area contributed by atoms with Gasteiger partial charge in [0.1, 0.15) is 0 Å². The summed E-state index contributed by atoms with van der Waals surface area (Å²) in [7, 11) is 3.37. The van der Waals surface area contributed by atoms with Crippen molar-refractivity contribution in [3.8, 4) is 0 Å². The molecule has 2 N–H and O–H groups in total. The highest BCUT2D eigenvalue weighted by Crippen LogP contribution is 2.10. The maximum atomic E-state index is 12.4. The highest BCUT2D eigenvalue weighted by Gasteiger charge is 2.22. The Hall–Kier alpha value is -1.69. The normalized spacial score (nSPS) is 15.7. The summed E-state index contributed by atoms with van der Waals surface area (Å²) in [5, 5.41) is 6.38. The number of nitrogens with one attached hydrogen (secondary N) is 2. The van der Waals surface area contributed by atoms with Gasteiger partial charge in [-0.25, -0.2) is 9.97 Å². The van der Waals surface area contributed by atoms with E-state index in [0.29, 0.717) is 38.6 Å². The third-order valence-corrected chi connectivity index (χ3v) is 4.12. The first kappa shape index (κ1) is 23.3. The lowest BCUT2D eigenvalue weighted by molar-refractivity contribution is -0.131. The number of carbonyl (C=O) groups excluding carboxylic acids is 1. The summed E-state index contributed by atoms with van der Waals surface area (Å²) >= 11 is 0. The van der Waals surface area contributed by atoms with E-state index in [2.05, 4.69) is 30.5 Å². The van der Waals surface area contributed by atoms with Gasteiger partial charge in [-0.1, -0.05) is 0 Å². The summed E-state index contributed by atoms with van der Waals surface area (Å²) < 4.78 is 5.09. The third kappa shape index (κ3) is 7.83. The highest BCUT2D eigenvalue weighted by atomic mass is 127. The maximum absolute atomic E-state index is 12.4. The van der Waals surface area contributed by atoms with E-state index in [1.165, 1.54) is 0 Å². The summed E-state index contributed by atoms with van der Waals surface area (Å²) in [6.07, 6.45) is 3.90. The summed E-state index contributed by atoms with van der Waals surface area (Å²) in [6, 6.07) is 1.95. The average Bonchev–Trinajstić information content (AvgIpc) is 2.68. The Bertz CT molecular complexity index is 580. The minimum absolute atomic E-state index is 0. The van der Waals surface area contributed by atoms with Gasteiger partial charge in [-0.15, -0.1) is 24.0 Å². The van der Waals surface area contributed by atoms with E-state index < -0.39 is 0 Å². The fourth-order valence-corrected chi connectivity index (χ4v) is 2.78. The molecule has 9 nitrogen and oxygen atoms in total. The van der Waals surface area contributed by atoms with E-state index in [0.717, 1.165) is 19.0 Å². The smallest absolute Gasteiger partial charge is 0.225 e. The van der Waals surface area contributed by atoms with Crippen molar-refractivity contribution in [3.63, 3.8) is 0 Å². The van der Waals surface area contributed by atoms with Gasteiger partial charge in [0.05, 0.1) is 6.61 Å². The SMILES string of the molecule is CN=C(NCCC(=O)N1CCN(c2ncccn2)CC1)NC(C)COC.I. The van der Waals surface area contributed by atoms with Gasteiger partial charge in [0.25, 0.3) is 0 Å². The lowest BCUT2D eigenvalue weighted by Crippen LogP contribution is -2.50. The molecule has 1 fully saturated rings. The van der Waals surface area contributed by atoms with Gasteiger partial charge in [0.15, 0.2) is 5.96 Å². The summed E-state index contributed by atoms with van der Waals surface area (Å²) in [6.45, 7) is 6.03. The Balaban J connectivity index is 0.00000364. The van der Waals surface area contributed by atoms with Crippen LogP contribution in [0.2, 0.25) is 0 Å². The number of aliphatic imine (C=N–C) groups is 1. The van der Waals surface area contributed by atoms with Crippen molar-refractivity contribution in [1.82, 2.24) is 25.5 Å². The number of aromatic nitrogens is 2. The molecule has 0 radical (unpaired) electrons. The second kappa shape index (κ2) is 12.7. The topological polar surface area (TPSA) is 95.0 Å². The van der Waals surface area contributed by atoms with E-state index in [1.807, 2.05) is 11.8 Å². The second-order valence-corrected chi connectivity index (χ2v) is 6.17. The van der Waals surface area contributed by atoms with Gasteiger partial charge >= 0.3 is 0 Å². The standard InChI is InChI=1S/C17H29N7O2.HI/c1-14(13-26-3)22-16(18-2)19-8-5-15(25)23-9-11-24(12-10-23)17-20-6-4-7-21-17;/h4,6-7,14H,5,8-13H2,1-3H3,(H2,18,19,22);1H. The number of piperazine rings is 1. The van der Waals surface area contributed by atoms with Crippen molar-refractivity contribution >= 4 is 41.8 Å². The highest BCUT2D eigenvalue weighted by molar-refractivity contribution is 14.0. The van der Waals surface area contributed by atoms with E-state index in [-0.39, 0.29) is 35.9 Å². The van der Waals surface area contributed by atoms with Crippen molar-refractivity contribution in [2.24, 2.45) is 4.99 Å². The minimum atomic E-state index is 0. The fraction of sp³-hybridized carbons (Fsp3) is 0.647. The predicted octanol–water partition coefficient (Wildman–Crippen LogP) is 0.333. The zero-order chi connectivity index (χ0) is 18.8. The lowest BCUT2D eigenvalue weighted by atomic mass is 10.3. The number of rotatable bonds is 7. The van der Waals surface area contributed by atoms with Crippen molar-refractivity contribution in [2.75, 3.05) is 58.4 Å². The van der Waals surface area contributed by atoms with Crippen LogP contribution in [0, 0.1) is 0 Å². The van der Waals surface area contributed by atoms with Crippen LogP contribution < -0.4 is 15.5 Å². The monoisotopic (exact) mass is 491 g/mol. The number of guanidine groups is 1. The van der Waals surface area contributed by atoms with Gasteiger partial charge in [0, 0.05) is 71.7 Å². The van der Waals surface area contributed by atoms with E-state index in [9.17, 15) is 4.79 Å². The number of halogens is 1. The molecule has 2 heterocycles. The number of hydrogen-bond donors (Lipinski definition) is 2. The van der Waals surface area contributed by atoms with E-state index >= 15 is 0 Å². The van der Waals surface area contributed by atoms with Gasteiger partial charge in [0.2, 0.25) is 11.9 Å². The zero-order valence-corrected chi connectivity index (χ0v) is 18.6. The van der Waals surface area contributed by atoms with Crippen LogP contribution in [-0.4, -0.2) is 86.3 Å². The molecular weight excluding hydrogens is 461 g/mol. The number of ether oxygens (including phenoxy) is 1. The summed E-state index contributed by atoms with van der Waals surface area (Å²) in [4.78, 5) is 29.1. The van der Waals surface area contributed by atoms with Gasteiger partial charge in [-0.05, 0) is 13.0 Å². The molecule has 1 aromatic rings. The Morgan fingerprint density at radius 2 is 1.96 bits per heavy atom. The Kier molecular flexibility index (Phi) is 10.9. The molecule has 27 heavy (non-hydrogen) atoms. The first-order valence-corrected chi connectivity index (χ1v) is 8.90. The van der Waals surface area contributed by atoms with Crippen LogP contribution in [0.25, 0.3) is 0 Å². The molecule has 0 aliphatic carbocycles. The Labute approximate surface area is 178 Å². The Morgan fingerprint density at radius 3 is 2.56 bits per heavy atom. The molecule has 1 amide bonds. The summed E-state index contributed by atoms with van der Waals surface area (Å²) in [5.41, 5.74) is 0. The largest absolute Gasteiger partial charge is 0.383 e. The van der Waals surface area contributed by atoms with Crippen molar-refractivity contribution in [2.45, 2.75) is 19.4 Å². The fourth-order valence-electron chi connectivity index (χ4n) is 2.78. The van der Waals surface area contributed by atoms with Gasteiger partial charge in [-0.2, -0.15) is 0 Å². The van der Waals surface area contributed by atoms with Crippen molar-refractivity contribution in [1.29, 1.82) is 0 Å². The maximum Gasteiger partial charge on any atom is 0.225 e. The van der Waals surface area contributed by atoms with Crippen LogP contribution in [-0.2, 0) is 9.53 Å². The molecule has 1 aliphatic rings. The molecular formula is C17H30IN7O2. The molecule has 1 unspecified atom stereocenters. The number of carbonyl (C=O) groups is 1. The second-order valence-electron chi connectivity index (χ2n) is 6.17. The molecule has 0 aromatic carbocycles. The quantitative estimate of drug-likeness (QED) is 0.323. The van der Waals surface area contributed by atoms with Crippen LogP contribution in [0.5, 0.6) is 0 Å². The van der Waals surface area contributed by atoms with Crippen molar-refractivity contribution < 1.29 is 9.53 Å². The molecule has 2 rings (SSSR count). The lowest BCUT2D eigenvalue weighted by Gasteiger charge is -2.34. The molecule has 0 bridgehead atoms. The molecule has 0 spiro atoms. The molecule has 1 atom stereocenters. The molecule has 152 valence electrons. The third-order valence-electron chi connectivity index (χ3n) is 4.12. The van der Waals surface area contributed by atoms with Crippen molar-refractivity contribution in [3.05, 3.63) is 18.5 Å². The predicted molar refractivity (Wildman–Crippen MR) is 117 cm³/mol. The first-order chi connectivity index (χ1) is 12.6. The first-order valence-electron chi connectivity index (χ1n) is 8.90. The molecule has 1 saturated heterocycles. The molecule has 10 heteroatoms. The number of hydrogen-bond acceptors (Lipinski definition) is 6. The number of amides is 1. The minimum Gasteiger partial charge on any atom is -0.383 e. The number of anilines is 1.